The summed E-state index contributed by atoms with van der Waals surface area (Å²) in [5.74, 6) is 2.55. The molecule has 0 radical (unpaired) electrons. The molecule has 1 unspecified atom stereocenters. The van der Waals surface area contributed by atoms with Crippen molar-refractivity contribution in [1.82, 2.24) is 9.10 Å². The van der Waals surface area contributed by atoms with Crippen molar-refractivity contribution in [3.63, 3.8) is 0 Å². The molecule has 1 atom stereocenters. The first-order valence-electron chi connectivity index (χ1n) is 6.06. The molecule has 1 N–H and O–H groups in total. The minimum absolute atomic E-state index is 0.146. The maximum atomic E-state index is 12.3. The molecule has 0 saturated heterocycles. The first kappa shape index (κ1) is 16.0. The summed E-state index contributed by atoms with van der Waals surface area (Å²) in [6.45, 7) is 3.57. The molecule has 1 aromatic carbocycles. The van der Waals surface area contributed by atoms with E-state index in [4.69, 9.17) is 18.0 Å². The monoisotopic (exact) mass is 340 g/mol. The van der Waals surface area contributed by atoms with Crippen LogP contribution in [0.4, 0.5) is 0 Å². The molecule has 0 aliphatic heterocycles. The summed E-state index contributed by atoms with van der Waals surface area (Å²) in [6.07, 6.45) is 5.45. The molecule has 0 aliphatic rings. The van der Waals surface area contributed by atoms with Crippen LogP contribution in [0.5, 0.6) is 0 Å². The van der Waals surface area contributed by atoms with Crippen LogP contribution in [0.3, 0.4) is 0 Å². The summed E-state index contributed by atoms with van der Waals surface area (Å²) in [7, 11) is -3.65. The first-order valence-corrected chi connectivity index (χ1v) is 8.69. The highest BCUT2D eigenvalue weighted by Crippen LogP contribution is 2.24. The lowest BCUT2D eigenvalue weighted by Crippen LogP contribution is -2.27. The Balaban J connectivity index is 2.28. The van der Waals surface area contributed by atoms with Gasteiger partial charge in [0.1, 0.15) is 0 Å². The normalized spacial score (nSPS) is 12.9. The largest absolute Gasteiger partial charge is 0.241 e. The van der Waals surface area contributed by atoms with Gasteiger partial charge in [0.15, 0.2) is 0 Å². The van der Waals surface area contributed by atoms with Gasteiger partial charge in [-0.2, -0.15) is 4.37 Å². The Morgan fingerprint density at radius 3 is 2.57 bits per heavy atom. The van der Waals surface area contributed by atoms with Gasteiger partial charge >= 0.3 is 0 Å². The van der Waals surface area contributed by atoms with E-state index in [1.54, 1.807) is 6.92 Å². The van der Waals surface area contributed by atoms with Crippen LogP contribution < -0.4 is 4.72 Å². The average molecular weight is 341 g/mol. The third-order valence-electron chi connectivity index (χ3n) is 2.90. The fourth-order valence-electron chi connectivity index (χ4n) is 1.83. The van der Waals surface area contributed by atoms with Crippen LogP contribution in [-0.4, -0.2) is 12.8 Å². The van der Waals surface area contributed by atoms with Crippen LogP contribution in [0.25, 0.3) is 0 Å². The smallest absolute Gasteiger partial charge is 0.207 e. The fraction of sp³-hybridized carbons (Fsp3) is 0.214. The van der Waals surface area contributed by atoms with Gasteiger partial charge in [0, 0.05) is 9.90 Å². The molecule has 0 aliphatic carbocycles. The number of rotatable bonds is 4. The van der Waals surface area contributed by atoms with E-state index in [1.165, 1.54) is 35.8 Å². The second-order valence-corrected chi connectivity index (χ2v) is 7.57. The van der Waals surface area contributed by atoms with Gasteiger partial charge in [0.25, 0.3) is 0 Å². The second kappa shape index (κ2) is 6.16. The van der Waals surface area contributed by atoms with Gasteiger partial charge in [-0.05, 0) is 49.6 Å². The number of nitrogens with zero attached hydrogens (tertiary/aromatic N) is 1. The van der Waals surface area contributed by atoms with Crippen LogP contribution >= 0.6 is 23.1 Å². The Labute approximate surface area is 133 Å². The molecule has 1 aromatic heterocycles. The number of benzene rings is 1. The van der Waals surface area contributed by atoms with Crippen molar-refractivity contribution in [3.8, 4) is 12.3 Å². The summed E-state index contributed by atoms with van der Waals surface area (Å²) in [6, 6.07) is 5.44. The third-order valence-corrected chi connectivity index (χ3v) is 5.47. The minimum Gasteiger partial charge on any atom is -0.207 e. The molecule has 4 nitrogen and oxygen atoms in total. The maximum absolute atomic E-state index is 12.3. The molecule has 7 heteroatoms. The summed E-state index contributed by atoms with van der Waals surface area (Å²) in [5, 5.41) is 0.478. The highest BCUT2D eigenvalue weighted by atomic mass is 35.5. The molecule has 2 aromatic rings. The van der Waals surface area contributed by atoms with Gasteiger partial charge < -0.3 is 0 Å². The van der Waals surface area contributed by atoms with E-state index in [2.05, 4.69) is 15.0 Å². The highest BCUT2D eigenvalue weighted by Gasteiger charge is 2.22. The zero-order valence-corrected chi connectivity index (χ0v) is 13.8. The molecular weight excluding hydrogens is 328 g/mol. The van der Waals surface area contributed by atoms with Gasteiger partial charge in [0.2, 0.25) is 10.0 Å². The van der Waals surface area contributed by atoms with Gasteiger partial charge in [-0.15, -0.1) is 6.42 Å². The number of sulfonamides is 1. The van der Waals surface area contributed by atoms with Gasteiger partial charge in [-0.1, -0.05) is 17.5 Å². The number of halogens is 1. The Morgan fingerprint density at radius 2 is 2.00 bits per heavy atom. The number of aryl methyl sites for hydroxylation is 1. The van der Waals surface area contributed by atoms with Crippen molar-refractivity contribution in [2.75, 3.05) is 0 Å². The molecule has 21 heavy (non-hydrogen) atoms. The van der Waals surface area contributed by atoms with E-state index in [0.717, 1.165) is 4.88 Å². The molecule has 0 spiro atoms. The summed E-state index contributed by atoms with van der Waals surface area (Å²) >= 11 is 7.02. The predicted octanol–water partition coefficient (Wildman–Crippen LogP) is 3.13. The van der Waals surface area contributed by atoms with Crippen molar-refractivity contribution in [3.05, 3.63) is 45.4 Å². The SMILES string of the molecule is C#Cc1c(C(C)NS(=O)(=O)c2ccc(Cl)cc2)nsc1C. The van der Waals surface area contributed by atoms with Crippen molar-refractivity contribution in [1.29, 1.82) is 0 Å². The quantitative estimate of drug-likeness (QED) is 0.870. The van der Waals surface area contributed by atoms with Crippen LogP contribution in [-0.2, 0) is 10.0 Å². The minimum atomic E-state index is -3.65. The molecule has 110 valence electrons. The lowest BCUT2D eigenvalue weighted by molar-refractivity contribution is 0.565. The number of nitrogens with one attached hydrogen (secondary N) is 1. The molecule has 2 rings (SSSR count). The summed E-state index contributed by atoms with van der Waals surface area (Å²) in [5.41, 5.74) is 1.21. The zero-order chi connectivity index (χ0) is 15.6. The number of terminal acetylenes is 1. The number of hydrogen-bond donors (Lipinski definition) is 1. The molecule has 0 saturated carbocycles. The van der Waals surface area contributed by atoms with Crippen molar-refractivity contribution >= 4 is 33.2 Å². The molecule has 0 fully saturated rings. The standard InChI is InChI=1S/C14H13ClN2O2S2/c1-4-13-10(3)20-16-14(13)9(2)17-21(18,19)12-7-5-11(15)6-8-12/h1,5-9,17H,2-3H3. The van der Waals surface area contributed by atoms with Gasteiger partial charge in [0.05, 0.1) is 22.2 Å². The maximum Gasteiger partial charge on any atom is 0.241 e. The topological polar surface area (TPSA) is 59.1 Å². The molecule has 0 bridgehead atoms. The number of aromatic nitrogens is 1. The lowest BCUT2D eigenvalue weighted by atomic mass is 10.1. The second-order valence-electron chi connectivity index (χ2n) is 4.44. The van der Waals surface area contributed by atoms with Crippen LogP contribution in [0.1, 0.15) is 29.1 Å². The third kappa shape index (κ3) is 3.44. The molecular formula is C14H13ClN2O2S2. The van der Waals surface area contributed by atoms with E-state index < -0.39 is 16.1 Å². The summed E-state index contributed by atoms with van der Waals surface area (Å²) < 4.78 is 31.4. The Morgan fingerprint density at radius 1 is 1.38 bits per heavy atom. The van der Waals surface area contributed by atoms with E-state index in [9.17, 15) is 8.42 Å². The molecule has 0 amide bonds. The van der Waals surface area contributed by atoms with E-state index >= 15 is 0 Å². The van der Waals surface area contributed by atoms with E-state index in [-0.39, 0.29) is 4.90 Å². The van der Waals surface area contributed by atoms with Crippen molar-refractivity contribution in [2.24, 2.45) is 0 Å². The molecule has 1 heterocycles. The number of hydrogen-bond acceptors (Lipinski definition) is 4. The Kier molecular flexibility index (Phi) is 4.69. The lowest BCUT2D eigenvalue weighted by Gasteiger charge is -2.13. The van der Waals surface area contributed by atoms with E-state index in [1.807, 2.05) is 6.92 Å². The van der Waals surface area contributed by atoms with Gasteiger partial charge in [-0.25, -0.2) is 13.1 Å². The van der Waals surface area contributed by atoms with Crippen molar-refractivity contribution < 1.29 is 8.42 Å². The van der Waals surface area contributed by atoms with Crippen LogP contribution in [0.15, 0.2) is 29.2 Å². The first-order chi connectivity index (χ1) is 9.85. The Bertz CT molecular complexity index is 789. The van der Waals surface area contributed by atoms with Crippen LogP contribution in [0.2, 0.25) is 5.02 Å². The average Bonchev–Trinajstić information content (AvgIpc) is 2.80. The van der Waals surface area contributed by atoms with E-state index in [0.29, 0.717) is 16.3 Å². The Hall–Kier alpha value is -1.39. The van der Waals surface area contributed by atoms with Crippen molar-refractivity contribution in [2.45, 2.75) is 24.8 Å². The zero-order valence-electron chi connectivity index (χ0n) is 11.4. The highest BCUT2D eigenvalue weighted by molar-refractivity contribution is 7.89. The summed E-state index contributed by atoms with van der Waals surface area (Å²) in [4.78, 5) is 1.04. The fourth-order valence-corrected chi connectivity index (χ4v) is 3.90. The van der Waals surface area contributed by atoms with Crippen LogP contribution in [0, 0.1) is 19.3 Å². The predicted molar refractivity (Wildman–Crippen MR) is 85.0 cm³/mol. The van der Waals surface area contributed by atoms with Gasteiger partial charge in [-0.3, -0.25) is 0 Å².